The van der Waals surface area contributed by atoms with Gasteiger partial charge in [0.15, 0.2) is 0 Å². The molecule has 2 unspecified atom stereocenters. The normalized spacial score (nSPS) is 34.0. The number of hydrogen-bond donors (Lipinski definition) is 1. The quantitative estimate of drug-likeness (QED) is 0.746. The summed E-state index contributed by atoms with van der Waals surface area (Å²) in [4.78, 5) is 10.9. The molecular weight excluding hydrogens is 178 g/mol. The molecule has 0 saturated heterocycles. The molecular formula is C9H14F2O2. The summed E-state index contributed by atoms with van der Waals surface area (Å²) in [7, 11) is 0. The summed E-state index contributed by atoms with van der Waals surface area (Å²) in [5, 5.41) is 8.90. The third-order valence-corrected chi connectivity index (χ3v) is 2.85. The van der Waals surface area contributed by atoms with Crippen molar-refractivity contribution in [1.29, 1.82) is 0 Å². The summed E-state index contributed by atoms with van der Waals surface area (Å²) < 4.78 is 24.3. The molecule has 0 spiro atoms. The Bertz CT molecular complexity index is 206. The van der Waals surface area contributed by atoms with Gasteiger partial charge in [-0.2, -0.15) is 0 Å². The molecule has 2 nitrogen and oxygen atoms in total. The summed E-state index contributed by atoms with van der Waals surface area (Å²) in [5.41, 5.74) is -1.15. The Hall–Kier alpha value is -0.670. The van der Waals surface area contributed by atoms with Crippen molar-refractivity contribution in [3.05, 3.63) is 0 Å². The highest BCUT2D eigenvalue weighted by atomic mass is 19.3. The first-order chi connectivity index (χ1) is 5.96. The van der Waals surface area contributed by atoms with Gasteiger partial charge in [-0.25, -0.2) is 8.78 Å². The molecule has 0 heterocycles. The summed E-state index contributed by atoms with van der Waals surface area (Å²) in [6, 6.07) is 0. The van der Waals surface area contributed by atoms with Gasteiger partial charge in [0.1, 0.15) is 0 Å². The molecule has 0 amide bonds. The lowest BCUT2D eigenvalue weighted by atomic mass is 9.82. The van der Waals surface area contributed by atoms with Crippen molar-refractivity contribution >= 4 is 5.97 Å². The van der Waals surface area contributed by atoms with E-state index in [0.29, 0.717) is 12.8 Å². The maximum absolute atomic E-state index is 12.2. The van der Waals surface area contributed by atoms with E-state index in [1.165, 1.54) is 0 Å². The number of carboxylic acids is 1. The number of halogens is 2. The van der Waals surface area contributed by atoms with Gasteiger partial charge in [0.05, 0.1) is 5.41 Å². The van der Waals surface area contributed by atoms with E-state index in [0.717, 1.165) is 6.42 Å². The molecule has 76 valence electrons. The minimum atomic E-state index is -2.51. The first-order valence-electron chi connectivity index (χ1n) is 4.48. The maximum Gasteiger partial charge on any atom is 0.309 e. The van der Waals surface area contributed by atoms with Crippen molar-refractivity contribution in [2.24, 2.45) is 11.3 Å². The minimum Gasteiger partial charge on any atom is -0.481 e. The molecule has 1 fully saturated rings. The van der Waals surface area contributed by atoms with E-state index in [9.17, 15) is 13.6 Å². The van der Waals surface area contributed by atoms with Gasteiger partial charge >= 0.3 is 5.97 Å². The molecule has 0 aromatic heterocycles. The van der Waals surface area contributed by atoms with E-state index in [2.05, 4.69) is 0 Å². The molecule has 1 aliphatic rings. The van der Waals surface area contributed by atoms with Gasteiger partial charge in [0.2, 0.25) is 6.43 Å². The highest BCUT2D eigenvalue weighted by Gasteiger charge is 2.45. The Morgan fingerprint density at radius 2 is 2.31 bits per heavy atom. The van der Waals surface area contributed by atoms with E-state index in [-0.39, 0.29) is 5.92 Å². The zero-order chi connectivity index (χ0) is 10.1. The lowest BCUT2D eigenvalue weighted by Gasteiger charge is -2.23. The van der Waals surface area contributed by atoms with Crippen molar-refractivity contribution < 1.29 is 18.7 Å². The number of carboxylic acid groups (broad SMARTS) is 1. The van der Waals surface area contributed by atoms with Gasteiger partial charge in [-0.05, 0) is 25.2 Å². The fourth-order valence-electron chi connectivity index (χ4n) is 2.16. The van der Waals surface area contributed by atoms with Crippen LogP contribution in [0.5, 0.6) is 0 Å². The molecule has 0 aromatic rings. The van der Waals surface area contributed by atoms with Gasteiger partial charge in [0.25, 0.3) is 0 Å². The number of aliphatic carboxylic acids is 1. The predicted octanol–water partition coefficient (Wildman–Crippen LogP) is 2.53. The Balaban J connectivity index is 2.71. The minimum absolute atomic E-state index is 0.259. The average molecular weight is 192 g/mol. The van der Waals surface area contributed by atoms with Crippen LogP contribution >= 0.6 is 0 Å². The van der Waals surface area contributed by atoms with Gasteiger partial charge in [-0.1, -0.05) is 6.92 Å². The van der Waals surface area contributed by atoms with Gasteiger partial charge in [-0.15, -0.1) is 0 Å². The third kappa shape index (κ3) is 2.17. The van der Waals surface area contributed by atoms with Crippen LogP contribution in [-0.4, -0.2) is 17.5 Å². The molecule has 2 atom stereocenters. The van der Waals surface area contributed by atoms with Crippen molar-refractivity contribution in [2.75, 3.05) is 0 Å². The molecule has 0 bridgehead atoms. The number of hydrogen-bond acceptors (Lipinski definition) is 1. The van der Waals surface area contributed by atoms with Crippen LogP contribution in [0.2, 0.25) is 0 Å². The summed E-state index contributed by atoms with van der Waals surface area (Å²) in [6.07, 6.45) is -1.46. The molecule has 4 heteroatoms. The second-order valence-electron chi connectivity index (χ2n) is 4.03. The van der Waals surface area contributed by atoms with Crippen LogP contribution in [0.1, 0.15) is 32.6 Å². The standard InChI is InChI=1S/C9H14F2O2/c1-6-2-3-9(4-6,8(12)13)5-7(10)11/h6-7H,2-5H2,1H3,(H,12,13). The first-order valence-corrected chi connectivity index (χ1v) is 4.48. The van der Waals surface area contributed by atoms with E-state index < -0.39 is 24.2 Å². The smallest absolute Gasteiger partial charge is 0.309 e. The van der Waals surface area contributed by atoms with Crippen LogP contribution in [0, 0.1) is 11.3 Å². The monoisotopic (exact) mass is 192 g/mol. The number of carbonyl (C=O) groups is 1. The van der Waals surface area contributed by atoms with E-state index in [4.69, 9.17) is 5.11 Å². The van der Waals surface area contributed by atoms with E-state index >= 15 is 0 Å². The molecule has 0 radical (unpaired) electrons. The number of rotatable bonds is 3. The average Bonchev–Trinajstić information content (AvgIpc) is 2.31. The summed E-state index contributed by atoms with van der Waals surface area (Å²) >= 11 is 0. The Morgan fingerprint density at radius 3 is 2.62 bits per heavy atom. The third-order valence-electron chi connectivity index (χ3n) is 2.85. The van der Waals surface area contributed by atoms with E-state index in [1.54, 1.807) is 0 Å². The highest BCUT2D eigenvalue weighted by molar-refractivity contribution is 5.75. The summed E-state index contributed by atoms with van der Waals surface area (Å²) in [6.45, 7) is 1.91. The lowest BCUT2D eigenvalue weighted by molar-refractivity contribution is -0.151. The Morgan fingerprint density at radius 1 is 1.69 bits per heavy atom. The second kappa shape index (κ2) is 3.60. The molecule has 1 rings (SSSR count). The molecule has 1 aliphatic carbocycles. The van der Waals surface area contributed by atoms with Gasteiger partial charge < -0.3 is 5.11 Å². The molecule has 13 heavy (non-hydrogen) atoms. The van der Waals surface area contributed by atoms with Crippen LogP contribution in [0.15, 0.2) is 0 Å². The zero-order valence-electron chi connectivity index (χ0n) is 7.59. The van der Waals surface area contributed by atoms with Crippen LogP contribution in [-0.2, 0) is 4.79 Å². The zero-order valence-corrected chi connectivity index (χ0v) is 7.59. The molecule has 1 N–H and O–H groups in total. The van der Waals surface area contributed by atoms with Crippen molar-refractivity contribution in [1.82, 2.24) is 0 Å². The van der Waals surface area contributed by atoms with Crippen molar-refractivity contribution in [2.45, 2.75) is 39.0 Å². The Labute approximate surface area is 75.9 Å². The van der Waals surface area contributed by atoms with Crippen LogP contribution in [0.4, 0.5) is 8.78 Å². The largest absolute Gasteiger partial charge is 0.481 e. The van der Waals surface area contributed by atoms with Gasteiger partial charge in [-0.3, -0.25) is 4.79 Å². The van der Waals surface area contributed by atoms with Crippen molar-refractivity contribution in [3.63, 3.8) is 0 Å². The first kappa shape index (κ1) is 10.4. The van der Waals surface area contributed by atoms with Crippen LogP contribution in [0.25, 0.3) is 0 Å². The predicted molar refractivity (Wildman–Crippen MR) is 43.7 cm³/mol. The van der Waals surface area contributed by atoms with E-state index in [1.807, 2.05) is 6.92 Å². The van der Waals surface area contributed by atoms with Gasteiger partial charge in [0, 0.05) is 6.42 Å². The van der Waals surface area contributed by atoms with Crippen LogP contribution < -0.4 is 0 Å². The number of alkyl halides is 2. The fourth-order valence-corrected chi connectivity index (χ4v) is 2.16. The van der Waals surface area contributed by atoms with Crippen molar-refractivity contribution in [3.8, 4) is 0 Å². The van der Waals surface area contributed by atoms with Crippen LogP contribution in [0.3, 0.4) is 0 Å². The summed E-state index contributed by atoms with van der Waals surface area (Å²) in [5.74, 6) is -0.799. The molecule has 1 saturated carbocycles. The SMILES string of the molecule is CC1CCC(CC(F)F)(C(=O)O)C1. The second-order valence-corrected chi connectivity index (χ2v) is 4.03. The Kier molecular flexibility index (Phi) is 2.88. The molecule has 0 aromatic carbocycles. The maximum atomic E-state index is 12.2. The highest BCUT2D eigenvalue weighted by Crippen LogP contribution is 2.45. The fraction of sp³-hybridized carbons (Fsp3) is 0.889. The topological polar surface area (TPSA) is 37.3 Å². The molecule has 0 aliphatic heterocycles. The lowest BCUT2D eigenvalue weighted by Crippen LogP contribution is -2.30.